The summed E-state index contributed by atoms with van der Waals surface area (Å²) in [5.41, 5.74) is 2.64. The maximum atomic E-state index is 13.5. The molecule has 0 spiro atoms. The lowest BCUT2D eigenvalue weighted by Gasteiger charge is -2.26. The van der Waals surface area contributed by atoms with Gasteiger partial charge in [-0.2, -0.15) is 0 Å². The molecule has 3 aromatic rings. The Kier molecular flexibility index (Phi) is 3.52. The second-order valence-corrected chi connectivity index (χ2v) is 6.03. The number of nitrogens with one attached hydrogen (secondary N) is 2. The Morgan fingerprint density at radius 2 is 2.20 bits per heavy atom. The second-order valence-electron chi connectivity index (χ2n) is 6.03. The number of H-pyrrole nitrogens is 1. The van der Waals surface area contributed by atoms with E-state index in [0.717, 1.165) is 22.2 Å². The number of hydrogen-bond acceptors (Lipinski definition) is 4. The standard InChI is InChI=1S/C17H15FN4O3/c1-9-6-15(21-25-9)20-16(23)17(24)22-5-4-14-12(8-22)11-7-10(18)2-3-13(11)19-14/h2-3,6-7,19H,4-5,8H2,1H3,(H,20,21,23). The van der Waals surface area contributed by atoms with Gasteiger partial charge >= 0.3 is 11.8 Å². The van der Waals surface area contributed by atoms with Crippen molar-refractivity contribution in [3.8, 4) is 0 Å². The fourth-order valence-corrected chi connectivity index (χ4v) is 3.10. The number of carbonyl (C=O) groups is 2. The SMILES string of the molecule is Cc1cc(NC(=O)C(=O)N2CCc3[nH]c4ccc(F)cc4c3C2)no1. The van der Waals surface area contributed by atoms with Crippen LogP contribution < -0.4 is 5.32 Å². The Morgan fingerprint density at radius 1 is 1.36 bits per heavy atom. The van der Waals surface area contributed by atoms with Gasteiger partial charge in [-0.3, -0.25) is 14.9 Å². The Bertz CT molecular complexity index is 991. The third-order valence-corrected chi connectivity index (χ3v) is 4.29. The molecule has 25 heavy (non-hydrogen) atoms. The maximum Gasteiger partial charge on any atom is 0.315 e. The number of anilines is 1. The quantitative estimate of drug-likeness (QED) is 0.663. The van der Waals surface area contributed by atoms with Crippen molar-refractivity contribution in [2.45, 2.75) is 19.9 Å². The summed E-state index contributed by atoms with van der Waals surface area (Å²) in [5.74, 6) is -1.04. The van der Waals surface area contributed by atoms with Crippen LogP contribution in [0.3, 0.4) is 0 Å². The van der Waals surface area contributed by atoms with E-state index in [-0.39, 0.29) is 18.2 Å². The fourth-order valence-electron chi connectivity index (χ4n) is 3.10. The second kappa shape index (κ2) is 5.73. The lowest BCUT2D eigenvalue weighted by molar-refractivity contribution is -0.143. The van der Waals surface area contributed by atoms with Crippen LogP contribution in [0.2, 0.25) is 0 Å². The lowest BCUT2D eigenvalue weighted by Crippen LogP contribution is -2.42. The Morgan fingerprint density at radius 3 is 2.96 bits per heavy atom. The van der Waals surface area contributed by atoms with E-state index < -0.39 is 11.8 Å². The van der Waals surface area contributed by atoms with Gasteiger partial charge in [-0.1, -0.05) is 5.16 Å². The zero-order valence-corrected chi connectivity index (χ0v) is 13.4. The zero-order chi connectivity index (χ0) is 17.6. The minimum Gasteiger partial charge on any atom is -0.360 e. The molecule has 2 aromatic heterocycles. The van der Waals surface area contributed by atoms with Crippen molar-refractivity contribution in [2.24, 2.45) is 0 Å². The number of aromatic amines is 1. The average Bonchev–Trinajstić information content (AvgIpc) is 3.16. The molecule has 2 amide bonds. The van der Waals surface area contributed by atoms with Crippen molar-refractivity contribution < 1.29 is 18.5 Å². The predicted molar refractivity (Wildman–Crippen MR) is 87.2 cm³/mol. The van der Waals surface area contributed by atoms with Crippen molar-refractivity contribution in [2.75, 3.05) is 11.9 Å². The minimum absolute atomic E-state index is 0.197. The number of aromatic nitrogens is 2. The van der Waals surface area contributed by atoms with Gasteiger partial charge in [0, 0.05) is 47.7 Å². The number of amides is 2. The highest BCUT2D eigenvalue weighted by atomic mass is 19.1. The molecule has 1 aromatic carbocycles. The number of benzene rings is 1. The fraction of sp³-hybridized carbons (Fsp3) is 0.235. The van der Waals surface area contributed by atoms with Gasteiger partial charge < -0.3 is 14.4 Å². The Hall–Kier alpha value is -3.16. The molecule has 128 valence electrons. The summed E-state index contributed by atoms with van der Waals surface area (Å²) in [6.45, 7) is 2.35. The molecule has 0 unspecified atom stereocenters. The number of nitrogens with zero attached hydrogens (tertiary/aromatic N) is 2. The molecule has 0 fully saturated rings. The largest absolute Gasteiger partial charge is 0.360 e. The summed E-state index contributed by atoms with van der Waals surface area (Å²) < 4.78 is 18.4. The van der Waals surface area contributed by atoms with E-state index in [1.165, 1.54) is 23.1 Å². The molecule has 0 saturated heterocycles. The molecule has 0 aliphatic carbocycles. The number of carbonyl (C=O) groups excluding carboxylic acids is 2. The molecular formula is C17H15FN4O3. The number of fused-ring (bicyclic) bond motifs is 3. The monoisotopic (exact) mass is 342 g/mol. The van der Waals surface area contributed by atoms with E-state index in [1.807, 2.05) is 0 Å². The first-order valence-electron chi connectivity index (χ1n) is 7.84. The van der Waals surface area contributed by atoms with Crippen molar-refractivity contribution >= 4 is 28.5 Å². The van der Waals surface area contributed by atoms with Crippen LogP contribution in [0.15, 0.2) is 28.8 Å². The lowest BCUT2D eigenvalue weighted by atomic mass is 10.0. The maximum absolute atomic E-state index is 13.5. The van der Waals surface area contributed by atoms with Crippen LogP contribution in [0.1, 0.15) is 17.0 Å². The van der Waals surface area contributed by atoms with Crippen LogP contribution in [-0.2, 0) is 22.6 Å². The molecule has 0 saturated carbocycles. The van der Waals surface area contributed by atoms with Gasteiger partial charge in [-0.15, -0.1) is 0 Å². The summed E-state index contributed by atoms with van der Waals surface area (Å²) in [5, 5.41) is 6.79. The molecule has 1 aliphatic heterocycles. The predicted octanol–water partition coefficient (Wildman–Crippen LogP) is 2.13. The minimum atomic E-state index is -0.775. The van der Waals surface area contributed by atoms with E-state index in [1.54, 1.807) is 13.0 Å². The normalized spacial score (nSPS) is 13.8. The number of halogens is 1. The van der Waals surface area contributed by atoms with Crippen LogP contribution in [-0.4, -0.2) is 33.4 Å². The van der Waals surface area contributed by atoms with E-state index in [4.69, 9.17) is 4.52 Å². The van der Waals surface area contributed by atoms with Crippen LogP contribution in [0.4, 0.5) is 10.2 Å². The van der Waals surface area contributed by atoms with Gasteiger partial charge in [-0.25, -0.2) is 4.39 Å². The van der Waals surface area contributed by atoms with E-state index >= 15 is 0 Å². The van der Waals surface area contributed by atoms with Gasteiger partial charge in [0.1, 0.15) is 11.6 Å². The van der Waals surface area contributed by atoms with Crippen molar-refractivity contribution in [1.29, 1.82) is 0 Å². The summed E-state index contributed by atoms with van der Waals surface area (Å²) in [4.78, 5) is 29.2. The first-order valence-corrected chi connectivity index (χ1v) is 7.84. The van der Waals surface area contributed by atoms with Crippen LogP contribution in [0, 0.1) is 12.7 Å². The van der Waals surface area contributed by atoms with Gasteiger partial charge in [0.25, 0.3) is 0 Å². The summed E-state index contributed by atoms with van der Waals surface area (Å²) in [6.07, 6.45) is 0.577. The Labute approximate surface area is 141 Å². The van der Waals surface area contributed by atoms with Gasteiger partial charge in [0.05, 0.1) is 0 Å². The number of hydrogen-bond donors (Lipinski definition) is 2. The molecular weight excluding hydrogens is 327 g/mol. The van der Waals surface area contributed by atoms with Gasteiger partial charge in [-0.05, 0) is 25.1 Å². The van der Waals surface area contributed by atoms with Crippen LogP contribution in [0.5, 0.6) is 0 Å². The molecule has 1 aliphatic rings. The highest BCUT2D eigenvalue weighted by Gasteiger charge is 2.28. The summed E-state index contributed by atoms with van der Waals surface area (Å²) in [7, 11) is 0. The zero-order valence-electron chi connectivity index (χ0n) is 13.4. The molecule has 3 heterocycles. The van der Waals surface area contributed by atoms with Crippen LogP contribution >= 0.6 is 0 Å². The third kappa shape index (κ3) is 2.75. The van der Waals surface area contributed by atoms with Crippen molar-refractivity contribution in [3.05, 3.63) is 47.1 Å². The topological polar surface area (TPSA) is 91.2 Å². The number of rotatable bonds is 1. The first kappa shape index (κ1) is 15.4. The molecule has 4 rings (SSSR count). The van der Waals surface area contributed by atoms with Gasteiger partial charge in [0.2, 0.25) is 0 Å². The molecule has 0 bridgehead atoms. The van der Waals surface area contributed by atoms with Gasteiger partial charge in [0.15, 0.2) is 5.82 Å². The highest BCUT2D eigenvalue weighted by molar-refractivity contribution is 6.39. The summed E-state index contributed by atoms with van der Waals surface area (Å²) >= 11 is 0. The summed E-state index contributed by atoms with van der Waals surface area (Å²) in [6, 6.07) is 6.04. The van der Waals surface area contributed by atoms with E-state index in [9.17, 15) is 14.0 Å². The smallest absolute Gasteiger partial charge is 0.315 e. The molecule has 2 N–H and O–H groups in total. The van der Waals surface area contributed by atoms with Crippen LogP contribution in [0.25, 0.3) is 10.9 Å². The highest BCUT2D eigenvalue weighted by Crippen LogP contribution is 2.28. The van der Waals surface area contributed by atoms with Crippen molar-refractivity contribution in [3.63, 3.8) is 0 Å². The molecule has 7 nitrogen and oxygen atoms in total. The van der Waals surface area contributed by atoms with E-state index in [0.29, 0.717) is 18.7 Å². The first-order chi connectivity index (χ1) is 12.0. The third-order valence-electron chi connectivity index (χ3n) is 4.29. The van der Waals surface area contributed by atoms with Crippen molar-refractivity contribution in [1.82, 2.24) is 15.0 Å². The molecule has 8 heteroatoms. The Balaban J connectivity index is 1.55. The average molecular weight is 342 g/mol. The molecule has 0 atom stereocenters. The number of aryl methyl sites for hydroxylation is 1. The van der Waals surface area contributed by atoms with E-state index in [2.05, 4.69) is 15.5 Å². The molecule has 0 radical (unpaired) electrons.